The van der Waals surface area contributed by atoms with Gasteiger partial charge in [-0.3, -0.25) is 4.40 Å². The summed E-state index contributed by atoms with van der Waals surface area (Å²) in [5.74, 6) is 8.72. The van der Waals surface area contributed by atoms with Crippen LogP contribution in [0.15, 0.2) is 132 Å². The summed E-state index contributed by atoms with van der Waals surface area (Å²) in [5, 5.41) is 1.06. The van der Waals surface area contributed by atoms with Gasteiger partial charge in [0.15, 0.2) is 5.82 Å². The van der Waals surface area contributed by atoms with Gasteiger partial charge in [-0.1, -0.05) is 60.3 Å². The number of benzene rings is 1. The number of allylic oxidation sites excluding steroid dienone is 8. The fourth-order valence-corrected chi connectivity index (χ4v) is 6.55. The molecule has 0 bridgehead atoms. The summed E-state index contributed by atoms with van der Waals surface area (Å²) in [6, 6.07) is 10.0. The van der Waals surface area contributed by atoms with Crippen LogP contribution in [0.2, 0.25) is 0 Å². The minimum atomic E-state index is -2.42. The molecular formula is C29H23B4N7O. The molecule has 0 aliphatic carbocycles. The molecular weight excluding hydrogens is 506 g/mol. The van der Waals surface area contributed by atoms with Gasteiger partial charge in [-0.15, -0.1) is 0 Å². The molecule has 8 heterocycles. The van der Waals surface area contributed by atoms with E-state index in [1.54, 1.807) is 12.4 Å². The van der Waals surface area contributed by atoms with Crippen molar-refractivity contribution in [1.82, 2.24) is 33.3 Å². The van der Waals surface area contributed by atoms with Gasteiger partial charge < -0.3 is 23.3 Å². The number of nitrogens with zero attached hydrogens (tertiary/aromatic N) is 7. The molecule has 41 heavy (non-hydrogen) atoms. The number of aromatic nitrogens is 3. The highest BCUT2D eigenvalue weighted by molar-refractivity contribution is 6.92. The van der Waals surface area contributed by atoms with E-state index < -0.39 is 6.85 Å². The first-order chi connectivity index (χ1) is 21.5. The lowest BCUT2D eigenvalue weighted by Gasteiger charge is -2.53. The predicted molar refractivity (Wildman–Crippen MR) is 167 cm³/mol. The molecule has 8 nitrogen and oxygen atoms in total. The van der Waals surface area contributed by atoms with E-state index in [0.29, 0.717) is 22.8 Å². The smallest absolute Gasteiger partial charge is 0.381 e. The lowest BCUT2D eigenvalue weighted by atomic mass is 9.41. The maximum atomic E-state index is 8.59. The summed E-state index contributed by atoms with van der Waals surface area (Å²) in [4.78, 5) is 9.56. The fourth-order valence-electron chi connectivity index (χ4n) is 6.55. The van der Waals surface area contributed by atoms with Crippen LogP contribution in [0.25, 0.3) is 33.4 Å². The van der Waals surface area contributed by atoms with Crippen LogP contribution < -0.4 is 0 Å². The Balaban J connectivity index is 1.22. The van der Waals surface area contributed by atoms with E-state index in [9.17, 15) is 0 Å². The third kappa shape index (κ3) is 3.27. The quantitative estimate of drug-likeness (QED) is 0.335. The van der Waals surface area contributed by atoms with Crippen molar-refractivity contribution in [3.8, 4) is 0 Å². The molecule has 0 saturated carbocycles. The summed E-state index contributed by atoms with van der Waals surface area (Å²) in [7, 11) is 0. The standard InChI is InChI=1S/C29H23B4N7O/c1-22-21-39-32-14-6-8-16-37(32)30-12-4-7-15-36(30)31-13-5-9-17-38(31)33(39)19-24(22)28-34-20-26-29(35-28)41-27-18-23-10-2-3-11-25(23)40(26)27/h2-21H,1H3/i1D3. The van der Waals surface area contributed by atoms with E-state index in [-0.39, 0.29) is 33.5 Å². The molecule has 12 heteroatoms. The molecule has 0 atom stereocenters. The van der Waals surface area contributed by atoms with Crippen molar-refractivity contribution in [3.63, 3.8) is 0 Å². The average molecular weight is 532 g/mol. The van der Waals surface area contributed by atoms with Crippen LogP contribution >= 0.6 is 0 Å². The van der Waals surface area contributed by atoms with E-state index >= 15 is 0 Å². The van der Waals surface area contributed by atoms with Crippen LogP contribution in [-0.2, 0) is 0 Å². The monoisotopic (exact) mass is 532 g/mol. The molecule has 1 aromatic carbocycles. The summed E-state index contributed by atoms with van der Waals surface area (Å²) in [6.07, 6.45) is 22.0. The number of hydrogen-bond donors (Lipinski definition) is 0. The Morgan fingerprint density at radius 1 is 0.780 bits per heavy atom. The van der Waals surface area contributed by atoms with Crippen molar-refractivity contribution in [2.24, 2.45) is 0 Å². The number of hydrogen-bond acceptors (Lipinski definition) is 7. The topological polar surface area (TPSA) is 56.3 Å². The highest BCUT2D eigenvalue weighted by Gasteiger charge is 2.50. The minimum Gasteiger partial charge on any atom is -0.423 e. The van der Waals surface area contributed by atoms with Gasteiger partial charge in [-0.25, -0.2) is 4.98 Å². The Labute approximate surface area is 243 Å². The van der Waals surface area contributed by atoms with Gasteiger partial charge in [0.25, 0.3) is 0 Å². The Kier molecular flexibility index (Phi) is 4.15. The van der Waals surface area contributed by atoms with Gasteiger partial charge in [0.05, 0.1) is 11.7 Å². The lowest BCUT2D eigenvalue weighted by molar-refractivity contribution is 0.620. The number of oxazole rings is 1. The maximum Gasteiger partial charge on any atom is 0.381 e. The molecule has 1 saturated heterocycles. The van der Waals surface area contributed by atoms with Crippen molar-refractivity contribution in [2.75, 3.05) is 0 Å². The molecule has 5 aliphatic heterocycles. The molecule has 0 unspecified atom stereocenters. The summed E-state index contributed by atoms with van der Waals surface area (Å²) >= 11 is 0. The SMILES string of the molecule is [2H]C([2H])([2H])C1=CN2B3C=CC=CN3B3C=CC=CN3B3C=CC=CN3B2C=C1c1ncc2c(n1)oc1cc3ccccc3n12. The maximum absolute atomic E-state index is 8.59. The fraction of sp³-hybridized carbons (Fsp3) is 0.0345. The van der Waals surface area contributed by atoms with Crippen LogP contribution in [-0.4, -0.2) is 61.2 Å². The minimum absolute atomic E-state index is 0.0723. The summed E-state index contributed by atoms with van der Waals surface area (Å²) < 4.78 is 42.9. The van der Waals surface area contributed by atoms with Crippen molar-refractivity contribution >= 4 is 61.4 Å². The predicted octanol–water partition coefficient (Wildman–Crippen LogP) is 4.51. The van der Waals surface area contributed by atoms with Crippen molar-refractivity contribution in [2.45, 2.75) is 6.85 Å². The normalized spacial score (nSPS) is 20.5. The van der Waals surface area contributed by atoms with Crippen LogP contribution in [0, 0.1) is 0 Å². The molecule has 0 spiro atoms. The summed E-state index contributed by atoms with van der Waals surface area (Å²) in [6.45, 7) is -3.20. The Hall–Kier alpha value is -4.98. The molecule has 0 radical (unpaired) electrons. The van der Waals surface area contributed by atoms with Crippen LogP contribution in [0.3, 0.4) is 0 Å². The molecule has 1 fully saturated rings. The lowest BCUT2D eigenvalue weighted by Crippen LogP contribution is -2.73. The van der Waals surface area contributed by atoms with Crippen LogP contribution in [0.1, 0.15) is 16.8 Å². The van der Waals surface area contributed by atoms with Crippen LogP contribution in [0.4, 0.5) is 0 Å². The first-order valence-corrected chi connectivity index (χ1v) is 13.7. The van der Waals surface area contributed by atoms with E-state index in [1.165, 1.54) is 0 Å². The molecule has 0 amide bonds. The number of fused-ring (bicyclic) bond motifs is 13. The second-order valence-corrected chi connectivity index (χ2v) is 10.6. The van der Waals surface area contributed by atoms with Gasteiger partial charge in [0.2, 0.25) is 11.4 Å². The van der Waals surface area contributed by atoms with E-state index in [1.807, 2.05) is 65.0 Å². The third-order valence-corrected chi connectivity index (χ3v) is 8.38. The first kappa shape index (κ1) is 20.0. The molecule has 0 N–H and O–H groups in total. The highest BCUT2D eigenvalue weighted by Crippen LogP contribution is 2.34. The Morgan fingerprint density at radius 3 is 2.20 bits per heavy atom. The zero-order chi connectivity index (χ0) is 29.6. The second kappa shape index (κ2) is 8.51. The first-order valence-electron chi connectivity index (χ1n) is 15.2. The number of para-hydroxylation sites is 1. The highest BCUT2D eigenvalue weighted by atomic mass is 16.4. The Morgan fingerprint density at radius 2 is 1.46 bits per heavy atom. The van der Waals surface area contributed by atoms with Crippen molar-refractivity contribution in [1.29, 1.82) is 0 Å². The molecule has 4 aromatic rings. The Bertz CT molecular complexity index is 2110. The van der Waals surface area contributed by atoms with E-state index in [4.69, 9.17) is 18.5 Å². The van der Waals surface area contributed by atoms with Gasteiger partial charge in [0, 0.05) is 21.1 Å². The zero-order valence-electron chi connectivity index (χ0n) is 24.9. The van der Waals surface area contributed by atoms with Crippen molar-refractivity contribution < 1.29 is 8.53 Å². The van der Waals surface area contributed by atoms with E-state index in [2.05, 4.69) is 67.6 Å². The third-order valence-electron chi connectivity index (χ3n) is 8.38. The largest absolute Gasteiger partial charge is 0.423 e. The summed E-state index contributed by atoms with van der Waals surface area (Å²) in [5.41, 5.74) is 3.44. The van der Waals surface area contributed by atoms with E-state index in [0.717, 1.165) is 16.4 Å². The second-order valence-electron chi connectivity index (χ2n) is 10.6. The van der Waals surface area contributed by atoms with Gasteiger partial charge >= 0.3 is 27.9 Å². The zero-order valence-corrected chi connectivity index (χ0v) is 21.9. The molecule has 192 valence electrons. The average Bonchev–Trinajstić information content (AvgIpc) is 3.59. The van der Waals surface area contributed by atoms with Gasteiger partial charge in [-0.05, 0) is 61.5 Å². The molecule has 9 rings (SSSR count). The van der Waals surface area contributed by atoms with Crippen molar-refractivity contribution in [3.05, 3.63) is 133 Å². The number of rotatable bonds is 1. The van der Waals surface area contributed by atoms with Gasteiger partial charge in [0.1, 0.15) is 5.52 Å². The molecule has 5 aliphatic rings. The molecule has 3 aromatic heterocycles. The van der Waals surface area contributed by atoms with Gasteiger partial charge in [-0.2, -0.15) is 4.98 Å². The van der Waals surface area contributed by atoms with Crippen LogP contribution in [0.5, 0.6) is 0 Å².